The maximum atomic E-state index is 12.1. The van der Waals surface area contributed by atoms with Gasteiger partial charge in [-0.1, -0.05) is 18.6 Å². The van der Waals surface area contributed by atoms with E-state index in [1.54, 1.807) is 4.90 Å². The molecule has 0 aliphatic carbocycles. The second-order valence-corrected chi connectivity index (χ2v) is 5.91. The SMILES string of the molecule is O=C(Cc1ccc(OC(F)(F)F)cc1)NCCN1CCCCCC1=O. The molecule has 1 fully saturated rings. The monoisotopic (exact) mass is 358 g/mol. The van der Waals surface area contributed by atoms with Crippen molar-refractivity contribution in [3.8, 4) is 5.75 Å². The molecule has 0 unspecified atom stereocenters. The van der Waals surface area contributed by atoms with E-state index in [2.05, 4.69) is 10.1 Å². The predicted octanol–water partition coefficient (Wildman–Crippen LogP) is 2.65. The molecule has 1 aliphatic heterocycles. The molecule has 2 amide bonds. The molecular weight excluding hydrogens is 337 g/mol. The zero-order valence-electron chi connectivity index (χ0n) is 13.8. The third kappa shape index (κ3) is 7.03. The molecule has 0 bridgehead atoms. The third-order valence-corrected chi connectivity index (χ3v) is 3.90. The van der Waals surface area contributed by atoms with Crippen molar-refractivity contribution in [3.63, 3.8) is 0 Å². The van der Waals surface area contributed by atoms with E-state index in [4.69, 9.17) is 0 Å². The van der Waals surface area contributed by atoms with Crippen LogP contribution in [0.25, 0.3) is 0 Å². The molecule has 1 N–H and O–H groups in total. The Kier molecular flexibility index (Phi) is 6.66. The number of carbonyl (C=O) groups excluding carboxylic acids is 2. The van der Waals surface area contributed by atoms with Crippen LogP contribution in [0.1, 0.15) is 31.2 Å². The number of nitrogens with zero attached hydrogens (tertiary/aromatic N) is 1. The number of alkyl halides is 3. The Morgan fingerprint density at radius 2 is 1.88 bits per heavy atom. The number of ether oxygens (including phenoxy) is 1. The molecule has 1 heterocycles. The van der Waals surface area contributed by atoms with E-state index in [1.165, 1.54) is 24.3 Å². The number of amides is 2. The lowest BCUT2D eigenvalue weighted by Crippen LogP contribution is -2.38. The van der Waals surface area contributed by atoms with E-state index < -0.39 is 6.36 Å². The summed E-state index contributed by atoms with van der Waals surface area (Å²) in [5, 5.41) is 2.73. The number of rotatable bonds is 6. The van der Waals surface area contributed by atoms with Crippen LogP contribution < -0.4 is 10.1 Å². The Morgan fingerprint density at radius 1 is 1.16 bits per heavy atom. The van der Waals surface area contributed by atoms with Crippen molar-refractivity contribution in [3.05, 3.63) is 29.8 Å². The number of hydrogen-bond acceptors (Lipinski definition) is 3. The minimum atomic E-state index is -4.73. The van der Waals surface area contributed by atoms with Crippen LogP contribution in [0.2, 0.25) is 0 Å². The molecule has 2 rings (SSSR count). The molecule has 1 aromatic rings. The van der Waals surface area contributed by atoms with E-state index >= 15 is 0 Å². The van der Waals surface area contributed by atoms with Gasteiger partial charge in [-0.3, -0.25) is 9.59 Å². The number of halogens is 3. The fraction of sp³-hybridized carbons (Fsp3) is 0.529. The van der Waals surface area contributed by atoms with E-state index in [0.29, 0.717) is 25.1 Å². The summed E-state index contributed by atoms with van der Waals surface area (Å²) in [7, 11) is 0. The Balaban J connectivity index is 1.73. The summed E-state index contributed by atoms with van der Waals surface area (Å²) in [6.07, 6.45) is -1.19. The van der Waals surface area contributed by atoms with Crippen molar-refractivity contribution < 1.29 is 27.5 Å². The first-order valence-corrected chi connectivity index (χ1v) is 8.23. The number of benzene rings is 1. The van der Waals surface area contributed by atoms with Gasteiger partial charge in [-0.2, -0.15) is 0 Å². The van der Waals surface area contributed by atoms with Crippen molar-refractivity contribution in [1.29, 1.82) is 0 Å². The number of carbonyl (C=O) groups is 2. The van der Waals surface area contributed by atoms with Gasteiger partial charge in [-0.15, -0.1) is 13.2 Å². The van der Waals surface area contributed by atoms with Crippen molar-refractivity contribution in [2.75, 3.05) is 19.6 Å². The number of likely N-dealkylation sites (tertiary alicyclic amines) is 1. The summed E-state index contributed by atoms with van der Waals surface area (Å²) in [5.74, 6) is -0.449. The second kappa shape index (κ2) is 8.73. The third-order valence-electron chi connectivity index (χ3n) is 3.90. The zero-order valence-corrected chi connectivity index (χ0v) is 13.8. The van der Waals surface area contributed by atoms with Gasteiger partial charge in [0.2, 0.25) is 11.8 Å². The van der Waals surface area contributed by atoms with Crippen LogP contribution >= 0.6 is 0 Å². The van der Waals surface area contributed by atoms with Crippen LogP contribution in [0, 0.1) is 0 Å². The summed E-state index contributed by atoms with van der Waals surface area (Å²) < 4.78 is 40.0. The molecule has 5 nitrogen and oxygen atoms in total. The van der Waals surface area contributed by atoms with Crippen LogP contribution in [0.15, 0.2) is 24.3 Å². The fourth-order valence-corrected chi connectivity index (χ4v) is 2.66. The molecule has 0 atom stereocenters. The summed E-state index contributed by atoms with van der Waals surface area (Å²) in [5.41, 5.74) is 0.581. The summed E-state index contributed by atoms with van der Waals surface area (Å²) in [6.45, 7) is 1.55. The van der Waals surface area contributed by atoms with E-state index in [0.717, 1.165) is 25.8 Å². The first-order chi connectivity index (χ1) is 11.8. The lowest BCUT2D eigenvalue weighted by atomic mass is 10.1. The Bertz CT molecular complexity index is 588. The van der Waals surface area contributed by atoms with Gasteiger partial charge >= 0.3 is 6.36 Å². The van der Waals surface area contributed by atoms with Crippen LogP contribution in [0.4, 0.5) is 13.2 Å². The minimum absolute atomic E-state index is 0.0558. The van der Waals surface area contributed by atoms with Crippen molar-refractivity contribution in [2.45, 2.75) is 38.5 Å². The van der Waals surface area contributed by atoms with Crippen molar-refractivity contribution in [2.24, 2.45) is 0 Å². The number of nitrogens with one attached hydrogen (secondary N) is 1. The highest BCUT2D eigenvalue weighted by Crippen LogP contribution is 2.22. The van der Waals surface area contributed by atoms with E-state index in [1.807, 2.05) is 0 Å². The van der Waals surface area contributed by atoms with Gasteiger partial charge < -0.3 is 15.0 Å². The minimum Gasteiger partial charge on any atom is -0.406 e. The quantitative estimate of drug-likeness (QED) is 0.851. The maximum Gasteiger partial charge on any atom is 0.573 e. The number of hydrogen-bond donors (Lipinski definition) is 1. The Morgan fingerprint density at radius 3 is 2.56 bits per heavy atom. The molecule has 1 aromatic carbocycles. The highest BCUT2D eigenvalue weighted by Gasteiger charge is 2.30. The molecule has 0 spiro atoms. The van der Waals surface area contributed by atoms with Crippen LogP contribution in [0.3, 0.4) is 0 Å². The van der Waals surface area contributed by atoms with Crippen molar-refractivity contribution >= 4 is 11.8 Å². The fourth-order valence-electron chi connectivity index (χ4n) is 2.66. The first-order valence-electron chi connectivity index (χ1n) is 8.23. The summed E-state index contributed by atoms with van der Waals surface area (Å²) in [4.78, 5) is 25.5. The molecule has 8 heteroatoms. The standard InChI is InChI=1S/C17H21F3N2O3/c18-17(19,20)25-14-7-5-13(6-8-14)12-15(23)21-9-11-22-10-3-1-2-4-16(22)24/h5-8H,1-4,9-12H2,(H,21,23). The maximum absolute atomic E-state index is 12.1. The van der Waals surface area contributed by atoms with Crippen molar-refractivity contribution in [1.82, 2.24) is 10.2 Å². The zero-order chi connectivity index (χ0) is 18.3. The van der Waals surface area contributed by atoms with Gasteiger partial charge in [-0.05, 0) is 30.5 Å². The largest absolute Gasteiger partial charge is 0.573 e. The van der Waals surface area contributed by atoms with Gasteiger partial charge in [0.25, 0.3) is 0 Å². The second-order valence-electron chi connectivity index (χ2n) is 5.91. The smallest absolute Gasteiger partial charge is 0.406 e. The Hall–Kier alpha value is -2.25. The molecule has 1 aliphatic rings. The molecule has 0 saturated carbocycles. The van der Waals surface area contributed by atoms with Crippen LogP contribution in [-0.2, 0) is 16.0 Å². The molecule has 138 valence electrons. The van der Waals surface area contributed by atoms with Gasteiger partial charge in [-0.25, -0.2) is 0 Å². The van der Waals surface area contributed by atoms with Gasteiger partial charge in [0.05, 0.1) is 6.42 Å². The van der Waals surface area contributed by atoms with E-state index in [-0.39, 0.29) is 24.0 Å². The normalized spacial score (nSPS) is 15.6. The van der Waals surface area contributed by atoms with Gasteiger partial charge in [0.1, 0.15) is 5.75 Å². The lowest BCUT2D eigenvalue weighted by molar-refractivity contribution is -0.274. The predicted molar refractivity (Wildman–Crippen MR) is 84.9 cm³/mol. The molecule has 25 heavy (non-hydrogen) atoms. The molecule has 0 aromatic heterocycles. The van der Waals surface area contributed by atoms with Crippen LogP contribution in [-0.4, -0.2) is 42.7 Å². The van der Waals surface area contributed by atoms with Gasteiger partial charge in [0.15, 0.2) is 0 Å². The Labute approximate surface area is 144 Å². The molecule has 1 saturated heterocycles. The lowest BCUT2D eigenvalue weighted by Gasteiger charge is -2.20. The van der Waals surface area contributed by atoms with E-state index in [9.17, 15) is 22.8 Å². The summed E-state index contributed by atoms with van der Waals surface area (Å²) >= 11 is 0. The molecular formula is C17H21F3N2O3. The average Bonchev–Trinajstić information content (AvgIpc) is 2.73. The summed E-state index contributed by atoms with van der Waals surface area (Å²) in [6, 6.07) is 5.18. The highest BCUT2D eigenvalue weighted by atomic mass is 19.4. The van der Waals surface area contributed by atoms with Gasteiger partial charge in [0, 0.05) is 26.1 Å². The first kappa shape index (κ1) is 19.1. The molecule has 0 radical (unpaired) electrons. The highest BCUT2D eigenvalue weighted by molar-refractivity contribution is 5.79. The average molecular weight is 358 g/mol. The van der Waals surface area contributed by atoms with Crippen LogP contribution in [0.5, 0.6) is 5.75 Å². The topological polar surface area (TPSA) is 58.6 Å².